The molecule has 3 aromatic carbocycles. The quantitative estimate of drug-likeness (QED) is 0.355. The van der Waals surface area contributed by atoms with E-state index in [2.05, 4.69) is 26.6 Å². The zero-order valence-electron chi connectivity index (χ0n) is 18.6. The highest BCUT2D eigenvalue weighted by atomic mass is 79.9. The van der Waals surface area contributed by atoms with Crippen LogP contribution in [0, 0.1) is 13.8 Å². The van der Waals surface area contributed by atoms with Gasteiger partial charge in [0, 0.05) is 17.9 Å². The molecule has 3 aromatic rings. The summed E-state index contributed by atoms with van der Waals surface area (Å²) in [5.41, 5.74) is 4.58. The first-order chi connectivity index (χ1) is 15.8. The second-order valence-electron chi connectivity index (χ2n) is 7.50. The molecule has 1 amide bonds. The van der Waals surface area contributed by atoms with E-state index in [0.29, 0.717) is 28.2 Å². The smallest absolute Gasteiger partial charge is 0.335 e. The van der Waals surface area contributed by atoms with Crippen molar-refractivity contribution in [2.75, 3.05) is 24.4 Å². The van der Waals surface area contributed by atoms with E-state index in [1.165, 1.54) is 7.11 Å². The summed E-state index contributed by atoms with van der Waals surface area (Å²) in [6.07, 6.45) is 0. The number of rotatable bonds is 9. The summed E-state index contributed by atoms with van der Waals surface area (Å²) >= 11 is 3.49. The van der Waals surface area contributed by atoms with E-state index in [0.717, 1.165) is 22.4 Å². The van der Waals surface area contributed by atoms with Crippen molar-refractivity contribution in [2.45, 2.75) is 20.4 Å². The Kier molecular flexibility index (Phi) is 7.95. The SMILES string of the molecule is COc1cc(CNc2cc(C(=O)O)ccc2C)cc(Br)c1OCC(=O)Nc1ccc(C)cc1. The highest BCUT2D eigenvalue weighted by Crippen LogP contribution is 2.37. The fourth-order valence-corrected chi connectivity index (χ4v) is 3.73. The Morgan fingerprint density at radius 2 is 1.76 bits per heavy atom. The Morgan fingerprint density at radius 3 is 2.42 bits per heavy atom. The zero-order chi connectivity index (χ0) is 24.0. The van der Waals surface area contributed by atoms with Crippen molar-refractivity contribution in [3.63, 3.8) is 0 Å². The Labute approximate surface area is 200 Å². The molecule has 0 aliphatic rings. The van der Waals surface area contributed by atoms with Gasteiger partial charge in [-0.05, 0) is 77.3 Å². The number of methoxy groups -OCH3 is 1. The van der Waals surface area contributed by atoms with Crippen molar-refractivity contribution in [3.8, 4) is 11.5 Å². The van der Waals surface area contributed by atoms with Gasteiger partial charge in [-0.25, -0.2) is 4.79 Å². The third-order valence-corrected chi connectivity index (χ3v) is 5.53. The van der Waals surface area contributed by atoms with Gasteiger partial charge in [-0.2, -0.15) is 0 Å². The molecule has 0 bridgehead atoms. The number of aryl methyl sites for hydroxylation is 2. The first kappa shape index (κ1) is 24.1. The lowest BCUT2D eigenvalue weighted by atomic mass is 10.1. The summed E-state index contributed by atoms with van der Waals surface area (Å²) in [6.45, 7) is 4.14. The number of carboxylic acids is 1. The van der Waals surface area contributed by atoms with Gasteiger partial charge in [0.15, 0.2) is 18.1 Å². The number of amides is 1. The molecule has 0 saturated heterocycles. The molecule has 0 saturated carbocycles. The number of hydrogen-bond donors (Lipinski definition) is 3. The van der Waals surface area contributed by atoms with Gasteiger partial charge in [0.2, 0.25) is 0 Å². The van der Waals surface area contributed by atoms with Gasteiger partial charge in [-0.15, -0.1) is 0 Å². The van der Waals surface area contributed by atoms with Crippen molar-refractivity contribution in [1.29, 1.82) is 0 Å². The predicted molar refractivity (Wildman–Crippen MR) is 131 cm³/mol. The van der Waals surface area contributed by atoms with Gasteiger partial charge in [0.25, 0.3) is 5.91 Å². The largest absolute Gasteiger partial charge is 0.493 e. The minimum absolute atomic E-state index is 0.179. The van der Waals surface area contributed by atoms with Crippen LogP contribution in [0.3, 0.4) is 0 Å². The van der Waals surface area contributed by atoms with Gasteiger partial charge < -0.3 is 25.2 Å². The number of carbonyl (C=O) groups is 2. The average Bonchev–Trinajstić information content (AvgIpc) is 2.78. The molecule has 0 atom stereocenters. The predicted octanol–water partition coefficient (Wildman–Crippen LogP) is 5.40. The van der Waals surface area contributed by atoms with Crippen molar-refractivity contribution in [2.24, 2.45) is 0 Å². The topological polar surface area (TPSA) is 96.9 Å². The molecule has 7 nitrogen and oxygen atoms in total. The fourth-order valence-electron chi connectivity index (χ4n) is 3.13. The lowest BCUT2D eigenvalue weighted by Crippen LogP contribution is -2.20. The Hall–Kier alpha value is -3.52. The highest BCUT2D eigenvalue weighted by Gasteiger charge is 2.14. The number of carbonyl (C=O) groups excluding carboxylic acids is 1. The third kappa shape index (κ3) is 6.49. The lowest BCUT2D eigenvalue weighted by Gasteiger charge is -2.16. The number of nitrogens with one attached hydrogen (secondary N) is 2. The first-order valence-corrected chi connectivity index (χ1v) is 11.0. The van der Waals surface area contributed by atoms with Crippen molar-refractivity contribution < 1.29 is 24.2 Å². The molecule has 8 heteroatoms. The zero-order valence-corrected chi connectivity index (χ0v) is 20.2. The molecule has 0 heterocycles. The summed E-state index contributed by atoms with van der Waals surface area (Å²) < 4.78 is 11.8. The Morgan fingerprint density at radius 1 is 1.03 bits per heavy atom. The Balaban J connectivity index is 1.67. The molecule has 0 fully saturated rings. The number of anilines is 2. The monoisotopic (exact) mass is 512 g/mol. The van der Waals surface area contributed by atoms with E-state index >= 15 is 0 Å². The number of benzene rings is 3. The molecule has 0 radical (unpaired) electrons. The van der Waals surface area contributed by atoms with E-state index in [4.69, 9.17) is 9.47 Å². The minimum Gasteiger partial charge on any atom is -0.493 e. The molecule has 0 aromatic heterocycles. The van der Waals surface area contributed by atoms with Crippen molar-refractivity contribution >= 4 is 39.2 Å². The van der Waals surface area contributed by atoms with E-state index in [-0.39, 0.29) is 18.1 Å². The van der Waals surface area contributed by atoms with Gasteiger partial charge >= 0.3 is 5.97 Å². The normalized spacial score (nSPS) is 10.4. The van der Waals surface area contributed by atoms with Gasteiger partial charge in [-0.3, -0.25) is 4.79 Å². The van der Waals surface area contributed by atoms with E-state index in [9.17, 15) is 14.7 Å². The Bertz CT molecular complexity index is 1160. The molecule has 0 aliphatic heterocycles. The molecule has 3 N–H and O–H groups in total. The van der Waals surface area contributed by atoms with E-state index in [1.807, 2.05) is 44.2 Å². The van der Waals surface area contributed by atoms with Gasteiger partial charge in [0.1, 0.15) is 0 Å². The molecule has 0 aliphatic carbocycles. The van der Waals surface area contributed by atoms with Gasteiger partial charge in [-0.1, -0.05) is 23.8 Å². The second-order valence-corrected chi connectivity index (χ2v) is 8.35. The van der Waals surface area contributed by atoms with Crippen LogP contribution in [0.1, 0.15) is 27.0 Å². The average molecular weight is 513 g/mol. The standard InChI is InChI=1S/C25H25BrN2O5/c1-15-4-8-19(9-5-15)28-23(29)14-33-24-20(26)10-17(11-22(24)32-3)13-27-21-12-18(25(30)31)7-6-16(21)2/h4-12,27H,13-14H2,1-3H3,(H,28,29)(H,30,31). The number of carboxylic acid groups (broad SMARTS) is 1. The summed E-state index contributed by atoms with van der Waals surface area (Å²) in [5.74, 6) is -0.368. The highest BCUT2D eigenvalue weighted by molar-refractivity contribution is 9.10. The molecule has 0 spiro atoms. The maximum atomic E-state index is 12.3. The van der Waals surface area contributed by atoms with Crippen LogP contribution in [0.25, 0.3) is 0 Å². The van der Waals surface area contributed by atoms with Crippen LogP contribution in [0.15, 0.2) is 59.1 Å². The lowest BCUT2D eigenvalue weighted by molar-refractivity contribution is -0.118. The van der Waals surface area contributed by atoms with Crippen LogP contribution in [0.5, 0.6) is 11.5 Å². The number of halogens is 1. The molecule has 172 valence electrons. The molecular weight excluding hydrogens is 488 g/mol. The maximum Gasteiger partial charge on any atom is 0.335 e. The van der Waals surface area contributed by atoms with Crippen LogP contribution in [-0.4, -0.2) is 30.7 Å². The summed E-state index contributed by atoms with van der Waals surface area (Å²) in [6, 6.07) is 16.1. The minimum atomic E-state index is -0.976. The summed E-state index contributed by atoms with van der Waals surface area (Å²) in [4.78, 5) is 23.5. The van der Waals surface area contributed by atoms with Crippen LogP contribution >= 0.6 is 15.9 Å². The number of ether oxygens (including phenoxy) is 2. The second kappa shape index (κ2) is 10.9. The fraction of sp³-hybridized carbons (Fsp3) is 0.200. The van der Waals surface area contributed by atoms with E-state index < -0.39 is 5.97 Å². The maximum absolute atomic E-state index is 12.3. The third-order valence-electron chi connectivity index (χ3n) is 4.94. The van der Waals surface area contributed by atoms with Gasteiger partial charge in [0.05, 0.1) is 17.1 Å². The molecule has 33 heavy (non-hydrogen) atoms. The number of hydrogen-bond acceptors (Lipinski definition) is 5. The van der Waals surface area contributed by atoms with E-state index in [1.54, 1.807) is 24.3 Å². The first-order valence-electron chi connectivity index (χ1n) is 10.2. The van der Waals surface area contributed by atoms with Crippen molar-refractivity contribution in [1.82, 2.24) is 0 Å². The van der Waals surface area contributed by atoms with Crippen LogP contribution in [0.4, 0.5) is 11.4 Å². The number of aromatic carboxylic acids is 1. The van der Waals surface area contributed by atoms with Crippen LogP contribution in [0.2, 0.25) is 0 Å². The van der Waals surface area contributed by atoms with Crippen LogP contribution < -0.4 is 20.1 Å². The summed E-state index contributed by atoms with van der Waals surface area (Å²) in [7, 11) is 1.53. The van der Waals surface area contributed by atoms with Crippen LogP contribution in [-0.2, 0) is 11.3 Å². The molecule has 0 unspecified atom stereocenters. The summed E-state index contributed by atoms with van der Waals surface area (Å²) in [5, 5.41) is 15.3. The molecule has 3 rings (SSSR count). The van der Waals surface area contributed by atoms with Crippen molar-refractivity contribution in [3.05, 3.63) is 81.3 Å². The molecular formula is C25H25BrN2O5.